The van der Waals surface area contributed by atoms with Crippen LogP contribution in [0.1, 0.15) is 0 Å². The molecule has 0 spiro atoms. The molecular weight excluding hydrogens is 385 g/mol. The summed E-state index contributed by atoms with van der Waals surface area (Å²) < 4.78 is 45.9. The molecule has 3 aromatic rings. The average Bonchev–Trinajstić information content (AvgIpc) is 2.60. The van der Waals surface area contributed by atoms with E-state index >= 15 is 0 Å². The summed E-state index contributed by atoms with van der Waals surface area (Å²) in [6.07, 6.45) is 1.18. The molecule has 27 heavy (non-hydrogen) atoms. The molecule has 3 rings (SSSR count). The highest BCUT2D eigenvalue weighted by molar-refractivity contribution is 6.29. The van der Waals surface area contributed by atoms with Gasteiger partial charge in [0.25, 0.3) is 0 Å². The lowest BCUT2D eigenvalue weighted by atomic mass is 10.3. The number of aromatic nitrogens is 2. The van der Waals surface area contributed by atoms with Crippen LogP contribution < -0.4 is 15.4 Å². The van der Waals surface area contributed by atoms with Gasteiger partial charge in [0.05, 0.1) is 11.4 Å². The van der Waals surface area contributed by atoms with Gasteiger partial charge in [-0.3, -0.25) is 0 Å². The van der Waals surface area contributed by atoms with Gasteiger partial charge in [0.2, 0.25) is 5.88 Å². The number of rotatable bonds is 4. The number of nitrogens with zero attached hydrogens (tertiary/aromatic N) is 2. The van der Waals surface area contributed by atoms with Crippen molar-refractivity contribution in [3.8, 4) is 11.6 Å². The van der Waals surface area contributed by atoms with Gasteiger partial charge >= 0.3 is 6.03 Å². The van der Waals surface area contributed by atoms with E-state index in [0.29, 0.717) is 6.07 Å². The van der Waals surface area contributed by atoms with E-state index < -0.39 is 23.5 Å². The predicted molar refractivity (Wildman–Crippen MR) is 92.5 cm³/mol. The Morgan fingerprint density at radius 2 is 1.59 bits per heavy atom. The van der Waals surface area contributed by atoms with Crippen molar-refractivity contribution in [1.29, 1.82) is 0 Å². The first-order valence-electron chi connectivity index (χ1n) is 7.39. The molecular formula is C17H10ClF3N4O2. The topological polar surface area (TPSA) is 76.1 Å². The summed E-state index contributed by atoms with van der Waals surface area (Å²) in [4.78, 5) is 19.4. The van der Waals surface area contributed by atoms with Crippen molar-refractivity contribution < 1.29 is 22.7 Å². The van der Waals surface area contributed by atoms with Crippen molar-refractivity contribution >= 4 is 29.0 Å². The molecule has 0 fully saturated rings. The van der Waals surface area contributed by atoms with Crippen LogP contribution in [0.4, 0.5) is 29.3 Å². The Morgan fingerprint density at radius 3 is 2.22 bits per heavy atom. The molecule has 0 unspecified atom stereocenters. The minimum absolute atomic E-state index is 0.109. The van der Waals surface area contributed by atoms with Crippen LogP contribution in [0, 0.1) is 17.5 Å². The van der Waals surface area contributed by atoms with Crippen LogP contribution in [-0.2, 0) is 0 Å². The predicted octanol–water partition coefficient (Wildman–Crippen LogP) is 4.98. The van der Waals surface area contributed by atoms with Crippen LogP contribution in [0.25, 0.3) is 0 Å². The van der Waals surface area contributed by atoms with Crippen LogP contribution in [0.5, 0.6) is 11.6 Å². The van der Waals surface area contributed by atoms with Gasteiger partial charge < -0.3 is 15.4 Å². The Balaban J connectivity index is 1.67. The summed E-state index contributed by atoms with van der Waals surface area (Å²) in [5, 5.41) is 4.52. The van der Waals surface area contributed by atoms with Crippen molar-refractivity contribution in [3.05, 3.63) is 71.4 Å². The molecule has 2 N–H and O–H groups in total. The van der Waals surface area contributed by atoms with E-state index in [1.54, 1.807) is 0 Å². The third-order valence-electron chi connectivity index (χ3n) is 3.20. The largest absolute Gasteiger partial charge is 0.439 e. The van der Waals surface area contributed by atoms with E-state index in [2.05, 4.69) is 20.6 Å². The lowest BCUT2D eigenvalue weighted by Crippen LogP contribution is -2.20. The minimum atomic E-state index is -0.960. The Labute approximate surface area is 156 Å². The lowest BCUT2D eigenvalue weighted by Gasteiger charge is -2.10. The van der Waals surface area contributed by atoms with Crippen molar-refractivity contribution in [2.45, 2.75) is 0 Å². The highest BCUT2D eigenvalue weighted by atomic mass is 35.5. The van der Waals surface area contributed by atoms with E-state index in [0.717, 1.165) is 18.2 Å². The second-order valence-electron chi connectivity index (χ2n) is 5.13. The monoisotopic (exact) mass is 394 g/mol. The van der Waals surface area contributed by atoms with E-state index in [1.807, 2.05) is 0 Å². The highest BCUT2D eigenvalue weighted by Crippen LogP contribution is 2.25. The number of anilines is 2. The van der Waals surface area contributed by atoms with Crippen LogP contribution in [0.2, 0.25) is 5.15 Å². The Morgan fingerprint density at radius 1 is 0.926 bits per heavy atom. The van der Waals surface area contributed by atoms with E-state index in [9.17, 15) is 18.0 Å². The lowest BCUT2D eigenvalue weighted by molar-refractivity contribution is 0.262. The Hall–Kier alpha value is -3.33. The molecule has 0 radical (unpaired) electrons. The maximum absolute atomic E-state index is 14.2. The molecule has 6 nitrogen and oxygen atoms in total. The standard InChI is InChI=1S/C17H10ClF3N4O2/c18-15-7-16(23-8-22-15)27-10-2-4-14(12(21)6-10)25-17(26)24-13-3-1-9(19)5-11(13)20/h1-8H,(H2,24,25,26). The molecule has 0 aliphatic heterocycles. The van der Waals surface area contributed by atoms with Gasteiger partial charge in [-0.25, -0.2) is 27.9 Å². The van der Waals surface area contributed by atoms with E-state index in [1.165, 1.54) is 24.5 Å². The molecule has 0 aliphatic carbocycles. The number of carbonyl (C=O) groups is 1. The quantitative estimate of drug-likeness (QED) is 0.612. The van der Waals surface area contributed by atoms with E-state index in [-0.39, 0.29) is 28.2 Å². The molecule has 10 heteroatoms. The smallest absolute Gasteiger partial charge is 0.323 e. The normalized spacial score (nSPS) is 10.4. The number of nitrogens with one attached hydrogen (secondary N) is 2. The third-order valence-corrected chi connectivity index (χ3v) is 3.41. The fraction of sp³-hybridized carbons (Fsp3) is 0. The fourth-order valence-electron chi connectivity index (χ4n) is 2.02. The number of halogens is 4. The van der Waals surface area contributed by atoms with Gasteiger partial charge in [0, 0.05) is 18.2 Å². The number of benzene rings is 2. The van der Waals surface area contributed by atoms with Gasteiger partial charge in [-0.05, 0) is 24.3 Å². The molecule has 138 valence electrons. The second kappa shape index (κ2) is 7.92. The average molecular weight is 395 g/mol. The highest BCUT2D eigenvalue weighted by Gasteiger charge is 2.12. The van der Waals surface area contributed by atoms with Crippen molar-refractivity contribution in [3.63, 3.8) is 0 Å². The zero-order valence-electron chi connectivity index (χ0n) is 13.3. The van der Waals surface area contributed by atoms with E-state index in [4.69, 9.17) is 16.3 Å². The summed E-state index contributed by atoms with van der Waals surface area (Å²) >= 11 is 5.70. The molecule has 1 aromatic heterocycles. The van der Waals surface area contributed by atoms with Crippen molar-refractivity contribution in [2.75, 3.05) is 10.6 Å². The first-order chi connectivity index (χ1) is 12.9. The van der Waals surface area contributed by atoms with Gasteiger partial charge in [-0.15, -0.1) is 0 Å². The number of hydrogen-bond donors (Lipinski definition) is 2. The maximum atomic E-state index is 14.2. The summed E-state index contributed by atoms with van der Waals surface area (Å²) in [6.45, 7) is 0. The second-order valence-corrected chi connectivity index (χ2v) is 5.51. The number of hydrogen-bond acceptors (Lipinski definition) is 4. The summed E-state index contributed by atoms with van der Waals surface area (Å²) in [5.74, 6) is -2.33. The number of amides is 2. The molecule has 2 amide bonds. The molecule has 0 aliphatic rings. The number of carbonyl (C=O) groups excluding carboxylic acids is 1. The molecule has 2 aromatic carbocycles. The van der Waals surface area contributed by atoms with Crippen LogP contribution in [0.3, 0.4) is 0 Å². The molecule has 0 atom stereocenters. The van der Waals surface area contributed by atoms with Crippen LogP contribution >= 0.6 is 11.6 Å². The molecule has 0 bridgehead atoms. The number of urea groups is 1. The van der Waals surface area contributed by atoms with Gasteiger partial charge in [-0.2, -0.15) is 0 Å². The summed E-state index contributed by atoms with van der Waals surface area (Å²) in [7, 11) is 0. The zero-order valence-corrected chi connectivity index (χ0v) is 14.1. The van der Waals surface area contributed by atoms with Crippen LogP contribution in [0.15, 0.2) is 48.8 Å². The number of ether oxygens (including phenoxy) is 1. The third kappa shape index (κ3) is 4.85. The molecule has 0 saturated carbocycles. The van der Waals surface area contributed by atoms with Crippen LogP contribution in [-0.4, -0.2) is 16.0 Å². The summed E-state index contributed by atoms with van der Waals surface area (Å²) in [5.41, 5.74) is -0.432. The van der Waals surface area contributed by atoms with Crippen molar-refractivity contribution in [2.24, 2.45) is 0 Å². The van der Waals surface area contributed by atoms with Gasteiger partial charge in [0.15, 0.2) is 0 Å². The fourth-order valence-corrected chi connectivity index (χ4v) is 2.16. The van der Waals surface area contributed by atoms with Crippen molar-refractivity contribution in [1.82, 2.24) is 9.97 Å². The van der Waals surface area contributed by atoms with Gasteiger partial charge in [-0.1, -0.05) is 11.6 Å². The molecule has 0 saturated heterocycles. The maximum Gasteiger partial charge on any atom is 0.323 e. The van der Waals surface area contributed by atoms with Gasteiger partial charge in [0.1, 0.15) is 34.7 Å². The zero-order chi connectivity index (χ0) is 19.4. The Bertz CT molecular complexity index is 1000. The molecule has 1 heterocycles. The Kier molecular flexibility index (Phi) is 5.41. The summed E-state index contributed by atoms with van der Waals surface area (Å²) in [6, 6.07) is 6.72. The first kappa shape index (κ1) is 18.5. The minimum Gasteiger partial charge on any atom is -0.439 e. The first-order valence-corrected chi connectivity index (χ1v) is 7.76. The SMILES string of the molecule is O=C(Nc1ccc(F)cc1F)Nc1ccc(Oc2cc(Cl)ncn2)cc1F.